The minimum atomic E-state index is -0.613. The van der Waals surface area contributed by atoms with Gasteiger partial charge in [-0.25, -0.2) is 0 Å². The molecule has 1 aliphatic carbocycles. The molecule has 0 saturated heterocycles. The zero-order valence-electron chi connectivity index (χ0n) is 15.1. The Labute approximate surface area is 145 Å². The minimum absolute atomic E-state index is 0.338. The van der Waals surface area contributed by atoms with Gasteiger partial charge >= 0.3 is 0 Å². The summed E-state index contributed by atoms with van der Waals surface area (Å²) in [6.45, 7) is 5.53. The van der Waals surface area contributed by atoms with Gasteiger partial charge in [-0.3, -0.25) is 4.99 Å². The SMILES string of the molecule is CCNC(=NCC(O)c1ccc(OC)cc1)NC1CCC(C)CC1. The van der Waals surface area contributed by atoms with Crippen LogP contribution in [0.25, 0.3) is 0 Å². The molecule has 1 atom stereocenters. The zero-order chi connectivity index (χ0) is 17.4. The highest BCUT2D eigenvalue weighted by Crippen LogP contribution is 2.23. The molecule has 1 aromatic rings. The minimum Gasteiger partial charge on any atom is -0.497 e. The molecule has 1 aromatic carbocycles. The third kappa shape index (κ3) is 5.71. The van der Waals surface area contributed by atoms with E-state index in [1.54, 1.807) is 7.11 Å². The maximum atomic E-state index is 10.3. The van der Waals surface area contributed by atoms with Crippen molar-refractivity contribution in [2.45, 2.75) is 51.7 Å². The maximum absolute atomic E-state index is 10.3. The van der Waals surface area contributed by atoms with E-state index in [-0.39, 0.29) is 0 Å². The number of rotatable bonds is 6. The number of nitrogens with one attached hydrogen (secondary N) is 2. The van der Waals surface area contributed by atoms with E-state index in [0.717, 1.165) is 29.7 Å². The Hall–Kier alpha value is -1.75. The number of benzene rings is 1. The van der Waals surface area contributed by atoms with Crippen molar-refractivity contribution < 1.29 is 9.84 Å². The molecule has 0 radical (unpaired) electrons. The van der Waals surface area contributed by atoms with Gasteiger partial charge in [-0.2, -0.15) is 0 Å². The highest BCUT2D eigenvalue weighted by Gasteiger charge is 2.19. The molecule has 2 rings (SSSR count). The highest BCUT2D eigenvalue weighted by atomic mass is 16.5. The van der Waals surface area contributed by atoms with E-state index in [1.165, 1.54) is 25.7 Å². The zero-order valence-corrected chi connectivity index (χ0v) is 15.1. The first kappa shape index (κ1) is 18.6. The van der Waals surface area contributed by atoms with Gasteiger partial charge in [-0.05, 0) is 56.2 Å². The van der Waals surface area contributed by atoms with Crippen molar-refractivity contribution in [1.29, 1.82) is 0 Å². The van der Waals surface area contributed by atoms with E-state index in [4.69, 9.17) is 4.74 Å². The van der Waals surface area contributed by atoms with Gasteiger partial charge in [0.25, 0.3) is 0 Å². The summed E-state index contributed by atoms with van der Waals surface area (Å²) in [6.07, 6.45) is 4.30. The van der Waals surface area contributed by atoms with E-state index in [2.05, 4.69) is 29.5 Å². The van der Waals surface area contributed by atoms with Gasteiger partial charge < -0.3 is 20.5 Å². The molecule has 0 bridgehead atoms. The van der Waals surface area contributed by atoms with Crippen LogP contribution in [0.3, 0.4) is 0 Å². The van der Waals surface area contributed by atoms with E-state index >= 15 is 0 Å². The summed E-state index contributed by atoms with van der Waals surface area (Å²) in [6, 6.07) is 7.95. The van der Waals surface area contributed by atoms with Gasteiger partial charge in [0.05, 0.1) is 19.8 Å². The summed E-state index contributed by atoms with van der Waals surface area (Å²) in [4.78, 5) is 4.56. The van der Waals surface area contributed by atoms with Crippen molar-refractivity contribution in [2.75, 3.05) is 20.2 Å². The van der Waals surface area contributed by atoms with E-state index in [1.807, 2.05) is 24.3 Å². The third-order valence-electron chi connectivity index (χ3n) is 4.62. The number of hydrogen-bond donors (Lipinski definition) is 3. The number of nitrogens with zero attached hydrogens (tertiary/aromatic N) is 1. The number of guanidine groups is 1. The van der Waals surface area contributed by atoms with Crippen LogP contribution in [0.5, 0.6) is 5.75 Å². The second-order valence-electron chi connectivity index (χ2n) is 6.61. The number of methoxy groups -OCH3 is 1. The Morgan fingerprint density at radius 3 is 2.50 bits per heavy atom. The van der Waals surface area contributed by atoms with E-state index in [9.17, 15) is 5.11 Å². The third-order valence-corrected chi connectivity index (χ3v) is 4.62. The summed E-state index contributed by atoms with van der Waals surface area (Å²) in [7, 11) is 1.64. The molecule has 0 aromatic heterocycles. The summed E-state index contributed by atoms with van der Waals surface area (Å²) in [5.41, 5.74) is 0.849. The molecular weight excluding hydrogens is 302 g/mol. The van der Waals surface area contributed by atoms with Gasteiger partial charge in [0, 0.05) is 12.6 Å². The molecule has 5 heteroatoms. The average molecular weight is 333 g/mol. The molecule has 0 spiro atoms. The van der Waals surface area contributed by atoms with Crippen LogP contribution < -0.4 is 15.4 Å². The molecule has 134 valence electrons. The standard InChI is InChI=1S/C19H31N3O2/c1-4-20-19(22-16-9-5-14(2)6-10-16)21-13-18(23)15-7-11-17(24-3)12-8-15/h7-8,11-12,14,16,18,23H,4-6,9-10,13H2,1-3H3,(H2,20,21,22). The van der Waals surface area contributed by atoms with Gasteiger partial charge in [0.15, 0.2) is 5.96 Å². The monoisotopic (exact) mass is 333 g/mol. The second kappa shape index (κ2) is 9.52. The number of aliphatic hydroxyl groups is 1. The lowest BCUT2D eigenvalue weighted by Crippen LogP contribution is -2.45. The normalized spacial score (nSPS) is 22.8. The largest absolute Gasteiger partial charge is 0.497 e. The second-order valence-corrected chi connectivity index (χ2v) is 6.61. The fourth-order valence-electron chi connectivity index (χ4n) is 3.03. The van der Waals surface area contributed by atoms with Gasteiger partial charge in [-0.1, -0.05) is 19.1 Å². The predicted octanol–water partition coefficient (Wildman–Crippen LogP) is 2.86. The van der Waals surface area contributed by atoms with Crippen LogP contribution in [-0.4, -0.2) is 37.3 Å². The first-order valence-corrected chi connectivity index (χ1v) is 8.99. The molecule has 3 N–H and O–H groups in total. The molecular formula is C19H31N3O2. The smallest absolute Gasteiger partial charge is 0.191 e. The lowest BCUT2D eigenvalue weighted by atomic mass is 9.87. The lowest BCUT2D eigenvalue weighted by Gasteiger charge is -2.28. The highest BCUT2D eigenvalue weighted by molar-refractivity contribution is 5.80. The molecule has 0 heterocycles. The number of ether oxygens (including phenoxy) is 1. The first-order valence-electron chi connectivity index (χ1n) is 8.99. The fourth-order valence-corrected chi connectivity index (χ4v) is 3.03. The van der Waals surface area contributed by atoms with Crippen LogP contribution in [0.4, 0.5) is 0 Å². The van der Waals surface area contributed by atoms with E-state index in [0.29, 0.717) is 12.6 Å². The molecule has 0 amide bonds. The molecule has 1 aliphatic rings. The molecule has 1 fully saturated rings. The number of aliphatic hydroxyl groups excluding tert-OH is 1. The van der Waals surface area contributed by atoms with Crippen LogP contribution in [-0.2, 0) is 0 Å². The Morgan fingerprint density at radius 1 is 1.25 bits per heavy atom. The molecule has 0 aliphatic heterocycles. The predicted molar refractivity (Wildman–Crippen MR) is 98.5 cm³/mol. The summed E-state index contributed by atoms with van der Waals surface area (Å²) in [5, 5.41) is 17.1. The van der Waals surface area contributed by atoms with Crippen LogP contribution in [0.1, 0.15) is 51.2 Å². The van der Waals surface area contributed by atoms with E-state index < -0.39 is 6.10 Å². The van der Waals surface area contributed by atoms with Gasteiger partial charge in [0.1, 0.15) is 5.75 Å². The molecule has 5 nitrogen and oxygen atoms in total. The Morgan fingerprint density at radius 2 is 1.92 bits per heavy atom. The number of aliphatic imine (C=N–C) groups is 1. The molecule has 24 heavy (non-hydrogen) atoms. The topological polar surface area (TPSA) is 65.9 Å². The molecule has 1 unspecified atom stereocenters. The van der Waals surface area contributed by atoms with Crippen LogP contribution in [0, 0.1) is 5.92 Å². The van der Waals surface area contributed by atoms with Crippen LogP contribution >= 0.6 is 0 Å². The fraction of sp³-hybridized carbons (Fsp3) is 0.632. The molecule has 1 saturated carbocycles. The van der Waals surface area contributed by atoms with Crippen molar-refractivity contribution in [2.24, 2.45) is 10.9 Å². The van der Waals surface area contributed by atoms with Crippen molar-refractivity contribution in [3.8, 4) is 5.75 Å². The Bertz CT molecular complexity index is 508. The van der Waals surface area contributed by atoms with Gasteiger partial charge in [0.2, 0.25) is 0 Å². The van der Waals surface area contributed by atoms with Crippen LogP contribution in [0.15, 0.2) is 29.3 Å². The Balaban J connectivity index is 1.91. The first-order chi connectivity index (χ1) is 11.6. The summed E-state index contributed by atoms with van der Waals surface area (Å²) < 4.78 is 5.14. The number of hydrogen-bond acceptors (Lipinski definition) is 3. The maximum Gasteiger partial charge on any atom is 0.191 e. The summed E-state index contributed by atoms with van der Waals surface area (Å²) in [5.74, 6) is 2.42. The van der Waals surface area contributed by atoms with Crippen molar-refractivity contribution >= 4 is 5.96 Å². The quantitative estimate of drug-likeness (QED) is 0.553. The van der Waals surface area contributed by atoms with Crippen molar-refractivity contribution in [3.05, 3.63) is 29.8 Å². The van der Waals surface area contributed by atoms with Crippen molar-refractivity contribution in [3.63, 3.8) is 0 Å². The lowest BCUT2D eigenvalue weighted by molar-refractivity contribution is 0.187. The van der Waals surface area contributed by atoms with Crippen molar-refractivity contribution in [1.82, 2.24) is 10.6 Å². The average Bonchev–Trinajstić information content (AvgIpc) is 2.61. The summed E-state index contributed by atoms with van der Waals surface area (Å²) >= 11 is 0. The van der Waals surface area contributed by atoms with Crippen LogP contribution in [0.2, 0.25) is 0 Å². The Kier molecular flexibility index (Phi) is 7.37. The van der Waals surface area contributed by atoms with Gasteiger partial charge in [-0.15, -0.1) is 0 Å².